The molecule has 2 N–H and O–H groups in total. The summed E-state index contributed by atoms with van der Waals surface area (Å²) >= 11 is 0. The van der Waals surface area contributed by atoms with Crippen LogP contribution >= 0.6 is 0 Å². The minimum Gasteiger partial charge on any atom is -0.393 e. The van der Waals surface area contributed by atoms with Crippen molar-refractivity contribution >= 4 is 0 Å². The van der Waals surface area contributed by atoms with Crippen molar-refractivity contribution in [1.29, 1.82) is 0 Å². The first-order chi connectivity index (χ1) is 4.52. The molecule has 0 fully saturated rings. The Balaban J connectivity index is 3.44. The normalized spacial score (nSPS) is 16.4. The average Bonchev–Trinajstić information content (AvgIpc) is 1.58. The molecule has 2 heteroatoms. The van der Waals surface area contributed by atoms with Crippen LogP contribution < -0.4 is 0 Å². The summed E-state index contributed by atoms with van der Waals surface area (Å²) in [5, 5.41) is 17.8. The van der Waals surface area contributed by atoms with Crippen molar-refractivity contribution in [3.63, 3.8) is 0 Å². The highest BCUT2D eigenvalue weighted by Crippen LogP contribution is 2.09. The highest BCUT2D eigenvalue weighted by Gasteiger charge is 2.02. The standard InChI is InChI=1S/C8H16O2/c1-6(4-7(2)9)5-8(3)10/h7-10H,1,4-5H2,2-3H3. The third kappa shape index (κ3) is 5.79. The fourth-order valence-electron chi connectivity index (χ4n) is 0.919. The van der Waals surface area contributed by atoms with Crippen molar-refractivity contribution in [3.8, 4) is 0 Å². The highest BCUT2D eigenvalue weighted by atomic mass is 16.3. The smallest absolute Gasteiger partial charge is 0.0549 e. The van der Waals surface area contributed by atoms with Gasteiger partial charge in [-0.05, 0) is 26.7 Å². The summed E-state index contributed by atoms with van der Waals surface area (Å²) in [6.07, 6.45) is 0.494. The van der Waals surface area contributed by atoms with Gasteiger partial charge in [-0.2, -0.15) is 0 Å². The van der Waals surface area contributed by atoms with Gasteiger partial charge in [-0.15, -0.1) is 0 Å². The van der Waals surface area contributed by atoms with Gasteiger partial charge in [0.1, 0.15) is 0 Å². The topological polar surface area (TPSA) is 40.5 Å². The monoisotopic (exact) mass is 144 g/mol. The maximum Gasteiger partial charge on any atom is 0.0549 e. The van der Waals surface area contributed by atoms with E-state index >= 15 is 0 Å². The maximum atomic E-state index is 8.89. The molecular weight excluding hydrogens is 128 g/mol. The lowest BCUT2D eigenvalue weighted by atomic mass is 10.1. The summed E-state index contributed by atoms with van der Waals surface area (Å²) in [7, 11) is 0. The minimum atomic E-state index is -0.341. The molecule has 0 aliphatic heterocycles. The van der Waals surface area contributed by atoms with Gasteiger partial charge in [0.25, 0.3) is 0 Å². The van der Waals surface area contributed by atoms with Gasteiger partial charge in [-0.3, -0.25) is 0 Å². The summed E-state index contributed by atoms with van der Waals surface area (Å²) in [5.74, 6) is 0. The van der Waals surface area contributed by atoms with Crippen molar-refractivity contribution in [3.05, 3.63) is 12.2 Å². The van der Waals surface area contributed by atoms with Crippen molar-refractivity contribution < 1.29 is 10.2 Å². The zero-order valence-corrected chi connectivity index (χ0v) is 6.67. The van der Waals surface area contributed by atoms with E-state index < -0.39 is 0 Å². The molecule has 0 rings (SSSR count). The molecule has 2 atom stereocenters. The van der Waals surface area contributed by atoms with Gasteiger partial charge in [0.2, 0.25) is 0 Å². The van der Waals surface area contributed by atoms with Gasteiger partial charge in [-0.25, -0.2) is 0 Å². The Morgan fingerprint density at radius 2 is 1.50 bits per heavy atom. The lowest BCUT2D eigenvalue weighted by molar-refractivity contribution is 0.176. The molecule has 0 spiro atoms. The molecule has 10 heavy (non-hydrogen) atoms. The van der Waals surface area contributed by atoms with Crippen LogP contribution in [0.4, 0.5) is 0 Å². The van der Waals surface area contributed by atoms with Crippen molar-refractivity contribution in [2.45, 2.75) is 38.9 Å². The van der Waals surface area contributed by atoms with Crippen molar-refractivity contribution in [1.82, 2.24) is 0 Å². The third-order valence-electron chi connectivity index (χ3n) is 1.17. The van der Waals surface area contributed by atoms with Crippen LogP contribution in [-0.2, 0) is 0 Å². The number of aliphatic hydroxyl groups is 2. The first-order valence-corrected chi connectivity index (χ1v) is 3.55. The van der Waals surface area contributed by atoms with E-state index in [0.717, 1.165) is 5.57 Å². The average molecular weight is 144 g/mol. The van der Waals surface area contributed by atoms with Crippen LogP contribution in [0.15, 0.2) is 12.2 Å². The summed E-state index contributed by atoms with van der Waals surface area (Å²) in [4.78, 5) is 0. The Hall–Kier alpha value is -0.340. The molecule has 60 valence electrons. The molecule has 0 aliphatic rings. The summed E-state index contributed by atoms with van der Waals surface area (Å²) < 4.78 is 0. The molecule has 0 amide bonds. The van der Waals surface area contributed by atoms with Crippen LogP contribution in [0.3, 0.4) is 0 Å². The Kier molecular flexibility index (Phi) is 4.32. The van der Waals surface area contributed by atoms with E-state index in [9.17, 15) is 0 Å². The van der Waals surface area contributed by atoms with E-state index in [1.54, 1.807) is 13.8 Å². The fraction of sp³-hybridized carbons (Fsp3) is 0.750. The van der Waals surface area contributed by atoms with E-state index in [-0.39, 0.29) is 12.2 Å². The molecule has 0 aromatic rings. The zero-order chi connectivity index (χ0) is 8.15. The van der Waals surface area contributed by atoms with Crippen molar-refractivity contribution in [2.24, 2.45) is 0 Å². The first-order valence-electron chi connectivity index (χ1n) is 3.55. The van der Waals surface area contributed by atoms with Gasteiger partial charge in [0, 0.05) is 0 Å². The molecule has 0 bridgehead atoms. The van der Waals surface area contributed by atoms with E-state index in [2.05, 4.69) is 6.58 Å². The van der Waals surface area contributed by atoms with Crippen LogP contribution in [0.1, 0.15) is 26.7 Å². The van der Waals surface area contributed by atoms with E-state index in [4.69, 9.17) is 10.2 Å². The van der Waals surface area contributed by atoms with Crippen LogP contribution in [0.5, 0.6) is 0 Å². The fourth-order valence-corrected chi connectivity index (χ4v) is 0.919. The van der Waals surface area contributed by atoms with Crippen LogP contribution in [0.2, 0.25) is 0 Å². The van der Waals surface area contributed by atoms with E-state index in [1.165, 1.54) is 0 Å². The van der Waals surface area contributed by atoms with Crippen molar-refractivity contribution in [2.75, 3.05) is 0 Å². The molecule has 0 aliphatic carbocycles. The second kappa shape index (κ2) is 4.47. The van der Waals surface area contributed by atoms with Gasteiger partial charge in [0.15, 0.2) is 0 Å². The predicted molar refractivity (Wildman–Crippen MR) is 41.7 cm³/mol. The first kappa shape index (κ1) is 9.66. The van der Waals surface area contributed by atoms with Crippen LogP contribution in [0, 0.1) is 0 Å². The number of aliphatic hydroxyl groups excluding tert-OH is 2. The lowest BCUT2D eigenvalue weighted by Crippen LogP contribution is -2.06. The molecular formula is C8H16O2. The molecule has 0 saturated carbocycles. The summed E-state index contributed by atoms with van der Waals surface area (Å²) in [6, 6.07) is 0. The Bertz CT molecular complexity index is 93.8. The molecule has 2 nitrogen and oxygen atoms in total. The Morgan fingerprint density at radius 3 is 1.70 bits per heavy atom. The van der Waals surface area contributed by atoms with Gasteiger partial charge < -0.3 is 10.2 Å². The number of rotatable bonds is 4. The molecule has 0 aromatic carbocycles. The minimum absolute atomic E-state index is 0.341. The number of hydrogen-bond donors (Lipinski definition) is 2. The largest absolute Gasteiger partial charge is 0.393 e. The van der Waals surface area contributed by atoms with E-state index in [1.807, 2.05) is 0 Å². The quantitative estimate of drug-likeness (QED) is 0.580. The lowest BCUT2D eigenvalue weighted by Gasteiger charge is -2.08. The molecule has 2 unspecified atom stereocenters. The Morgan fingerprint density at radius 1 is 1.20 bits per heavy atom. The highest BCUT2D eigenvalue weighted by molar-refractivity contribution is 4.96. The Labute approximate surface area is 62.2 Å². The molecule has 0 radical (unpaired) electrons. The van der Waals surface area contributed by atoms with E-state index in [0.29, 0.717) is 12.8 Å². The second-order valence-electron chi connectivity index (χ2n) is 2.86. The SMILES string of the molecule is C=C(CC(C)O)CC(C)O. The van der Waals surface area contributed by atoms with Gasteiger partial charge >= 0.3 is 0 Å². The molecule has 0 saturated heterocycles. The zero-order valence-electron chi connectivity index (χ0n) is 6.67. The second-order valence-corrected chi connectivity index (χ2v) is 2.86. The maximum absolute atomic E-state index is 8.89. The number of hydrogen-bond acceptors (Lipinski definition) is 2. The summed E-state index contributed by atoms with van der Waals surface area (Å²) in [5.41, 5.74) is 0.907. The van der Waals surface area contributed by atoms with Crippen LogP contribution in [-0.4, -0.2) is 22.4 Å². The predicted octanol–water partition coefficient (Wildman–Crippen LogP) is 1.08. The van der Waals surface area contributed by atoms with Gasteiger partial charge in [0.05, 0.1) is 12.2 Å². The van der Waals surface area contributed by atoms with Crippen LogP contribution in [0.25, 0.3) is 0 Å². The molecule has 0 aromatic heterocycles. The third-order valence-corrected chi connectivity index (χ3v) is 1.17. The summed E-state index contributed by atoms with van der Waals surface area (Å²) in [6.45, 7) is 7.15. The van der Waals surface area contributed by atoms with Gasteiger partial charge in [-0.1, -0.05) is 12.2 Å². The molecule has 0 heterocycles.